The summed E-state index contributed by atoms with van der Waals surface area (Å²) in [6, 6.07) is 0.172. The van der Waals surface area contributed by atoms with Crippen LogP contribution in [0, 0.1) is 0 Å². The van der Waals surface area contributed by atoms with Gasteiger partial charge in [0, 0.05) is 18.0 Å². The largest absolute Gasteiger partial charge is 0.382 e. The Morgan fingerprint density at radius 3 is 3.14 bits per heavy atom. The smallest absolute Gasteiger partial charge is 0.139 e. The zero-order chi connectivity index (χ0) is 10.4. The van der Waals surface area contributed by atoms with Crippen molar-refractivity contribution >= 4 is 7.85 Å². The Labute approximate surface area is 83.5 Å². The minimum absolute atomic E-state index is 0.0320. The standard InChI is InChI=1S/C7H14BN3O3/c1-12-3-6-5(2-7(8)14-6)13-4-10-11-9/h5-7H,2-4,8H2,1H3/t5?,6-,7-/m1/s1. The van der Waals surface area contributed by atoms with Crippen molar-refractivity contribution in [2.75, 3.05) is 20.4 Å². The van der Waals surface area contributed by atoms with Crippen LogP contribution in [0.1, 0.15) is 6.42 Å². The van der Waals surface area contributed by atoms with Crippen LogP contribution in [0.2, 0.25) is 0 Å². The van der Waals surface area contributed by atoms with Crippen LogP contribution in [0.3, 0.4) is 0 Å². The Bertz CT molecular complexity index is 222. The highest BCUT2D eigenvalue weighted by Gasteiger charge is 2.33. The third-order valence-corrected chi connectivity index (χ3v) is 2.13. The van der Waals surface area contributed by atoms with Crippen LogP contribution in [0.4, 0.5) is 0 Å². The quantitative estimate of drug-likeness (QED) is 0.271. The first-order valence-electron chi connectivity index (χ1n) is 4.54. The third kappa shape index (κ3) is 3.19. The first kappa shape index (κ1) is 11.3. The maximum absolute atomic E-state index is 8.08. The van der Waals surface area contributed by atoms with Crippen molar-refractivity contribution in [2.45, 2.75) is 24.6 Å². The molecule has 0 aromatic carbocycles. The average molecular weight is 199 g/mol. The number of azide groups is 1. The van der Waals surface area contributed by atoms with Gasteiger partial charge in [0.05, 0.1) is 12.7 Å². The summed E-state index contributed by atoms with van der Waals surface area (Å²) in [4.78, 5) is 2.61. The molecule has 78 valence electrons. The molecule has 0 aromatic rings. The molecular formula is C7H14BN3O3. The number of rotatable bonds is 5. The van der Waals surface area contributed by atoms with E-state index in [0.717, 1.165) is 6.42 Å². The normalized spacial score (nSPS) is 31.4. The topological polar surface area (TPSA) is 76.5 Å². The molecular weight excluding hydrogens is 185 g/mol. The highest BCUT2D eigenvalue weighted by Crippen LogP contribution is 2.21. The van der Waals surface area contributed by atoms with Crippen molar-refractivity contribution in [3.05, 3.63) is 10.4 Å². The molecule has 1 rings (SSSR count). The summed E-state index contributed by atoms with van der Waals surface area (Å²) >= 11 is 0. The van der Waals surface area contributed by atoms with E-state index in [0.29, 0.717) is 6.61 Å². The van der Waals surface area contributed by atoms with Gasteiger partial charge >= 0.3 is 0 Å². The van der Waals surface area contributed by atoms with E-state index < -0.39 is 0 Å². The third-order valence-electron chi connectivity index (χ3n) is 2.13. The lowest BCUT2D eigenvalue weighted by Crippen LogP contribution is -2.28. The second-order valence-corrected chi connectivity index (χ2v) is 3.24. The van der Waals surface area contributed by atoms with Crippen molar-refractivity contribution in [2.24, 2.45) is 5.11 Å². The van der Waals surface area contributed by atoms with Crippen LogP contribution in [-0.2, 0) is 14.2 Å². The number of hydrogen-bond acceptors (Lipinski definition) is 4. The predicted molar refractivity (Wildman–Crippen MR) is 52.6 cm³/mol. The summed E-state index contributed by atoms with van der Waals surface area (Å²) in [6.07, 6.45) is 0.731. The molecule has 0 radical (unpaired) electrons. The maximum atomic E-state index is 8.08. The van der Waals surface area contributed by atoms with Crippen molar-refractivity contribution in [3.8, 4) is 0 Å². The lowest BCUT2D eigenvalue weighted by Gasteiger charge is -2.16. The molecule has 7 heteroatoms. The second-order valence-electron chi connectivity index (χ2n) is 3.24. The molecule has 1 heterocycles. The van der Waals surface area contributed by atoms with Gasteiger partial charge in [-0.2, -0.15) is 0 Å². The van der Waals surface area contributed by atoms with Crippen molar-refractivity contribution in [1.29, 1.82) is 0 Å². The minimum atomic E-state index is -0.0520. The van der Waals surface area contributed by atoms with Crippen LogP contribution in [0.25, 0.3) is 10.4 Å². The second kappa shape index (κ2) is 5.88. The zero-order valence-corrected chi connectivity index (χ0v) is 8.42. The highest BCUT2D eigenvalue weighted by molar-refractivity contribution is 6.11. The molecule has 0 amide bonds. The molecule has 0 aliphatic carbocycles. The molecule has 1 fully saturated rings. The maximum Gasteiger partial charge on any atom is 0.139 e. The average Bonchev–Trinajstić information content (AvgIpc) is 2.48. The van der Waals surface area contributed by atoms with Crippen LogP contribution in [0.5, 0.6) is 0 Å². The van der Waals surface area contributed by atoms with Crippen LogP contribution in [-0.4, -0.2) is 46.5 Å². The van der Waals surface area contributed by atoms with Crippen molar-refractivity contribution in [1.82, 2.24) is 0 Å². The van der Waals surface area contributed by atoms with E-state index in [1.807, 2.05) is 7.85 Å². The first-order chi connectivity index (χ1) is 6.77. The van der Waals surface area contributed by atoms with Gasteiger partial charge in [0.25, 0.3) is 0 Å². The zero-order valence-electron chi connectivity index (χ0n) is 8.42. The Kier molecular flexibility index (Phi) is 4.75. The Morgan fingerprint density at radius 1 is 1.71 bits per heavy atom. The van der Waals surface area contributed by atoms with Gasteiger partial charge in [-0.15, -0.1) is 0 Å². The van der Waals surface area contributed by atoms with E-state index in [1.54, 1.807) is 7.11 Å². The van der Waals surface area contributed by atoms with Gasteiger partial charge in [-0.3, -0.25) is 0 Å². The van der Waals surface area contributed by atoms with E-state index in [9.17, 15) is 0 Å². The summed E-state index contributed by atoms with van der Waals surface area (Å²) in [5, 5.41) is 3.32. The Hall–Kier alpha value is -0.745. The molecule has 0 bridgehead atoms. The van der Waals surface area contributed by atoms with Gasteiger partial charge in [0.15, 0.2) is 0 Å². The molecule has 1 unspecified atom stereocenters. The van der Waals surface area contributed by atoms with Gasteiger partial charge in [-0.05, 0) is 12.0 Å². The predicted octanol–water partition coefficient (Wildman–Crippen LogP) is 0.0339. The number of hydrogen-bond donors (Lipinski definition) is 0. The molecule has 1 aliphatic heterocycles. The van der Waals surface area contributed by atoms with E-state index >= 15 is 0 Å². The summed E-state index contributed by atoms with van der Waals surface area (Å²) in [7, 11) is 3.61. The number of methoxy groups -OCH3 is 1. The van der Waals surface area contributed by atoms with Crippen molar-refractivity contribution < 1.29 is 14.2 Å². The van der Waals surface area contributed by atoms with Crippen LogP contribution >= 0.6 is 0 Å². The Balaban J connectivity index is 2.36. The van der Waals surface area contributed by atoms with Crippen LogP contribution in [0.15, 0.2) is 5.11 Å². The van der Waals surface area contributed by atoms with E-state index in [4.69, 9.17) is 19.7 Å². The number of nitrogens with zero attached hydrogens (tertiary/aromatic N) is 3. The summed E-state index contributed by atoms with van der Waals surface area (Å²) < 4.78 is 15.9. The minimum Gasteiger partial charge on any atom is -0.382 e. The summed E-state index contributed by atoms with van der Waals surface area (Å²) in [6.45, 7) is 0.558. The van der Waals surface area contributed by atoms with Gasteiger partial charge in [0.2, 0.25) is 0 Å². The summed E-state index contributed by atoms with van der Waals surface area (Å²) in [5.74, 6) is 0. The number of ether oxygens (including phenoxy) is 3. The molecule has 1 saturated heterocycles. The molecule has 0 saturated carbocycles. The van der Waals surface area contributed by atoms with Crippen molar-refractivity contribution in [3.63, 3.8) is 0 Å². The monoisotopic (exact) mass is 199 g/mol. The molecule has 14 heavy (non-hydrogen) atoms. The fourth-order valence-corrected chi connectivity index (χ4v) is 1.56. The van der Waals surface area contributed by atoms with Gasteiger partial charge in [0.1, 0.15) is 20.7 Å². The fraction of sp³-hybridized carbons (Fsp3) is 1.00. The van der Waals surface area contributed by atoms with Gasteiger partial charge in [-0.1, -0.05) is 5.11 Å². The summed E-state index contributed by atoms with van der Waals surface area (Å²) in [5.41, 5.74) is 8.08. The molecule has 6 nitrogen and oxygen atoms in total. The SMILES string of the molecule is B[C@H]1CC(OCN=[N+]=[N-])[C@@H](COC)O1. The van der Waals surface area contributed by atoms with E-state index in [2.05, 4.69) is 10.0 Å². The van der Waals surface area contributed by atoms with Gasteiger partial charge in [-0.25, -0.2) is 0 Å². The lowest BCUT2D eigenvalue weighted by molar-refractivity contribution is -0.0445. The fourth-order valence-electron chi connectivity index (χ4n) is 1.56. The molecule has 0 aromatic heterocycles. The van der Waals surface area contributed by atoms with E-state index in [1.165, 1.54) is 0 Å². The molecule has 0 N–H and O–H groups in total. The first-order valence-corrected chi connectivity index (χ1v) is 4.54. The molecule has 0 spiro atoms. The lowest BCUT2D eigenvalue weighted by atomic mass is 9.96. The Morgan fingerprint density at radius 2 is 2.50 bits per heavy atom. The highest BCUT2D eigenvalue weighted by atomic mass is 16.6. The molecule has 3 atom stereocenters. The molecule has 1 aliphatic rings. The van der Waals surface area contributed by atoms with E-state index in [-0.39, 0.29) is 24.9 Å². The van der Waals surface area contributed by atoms with Crippen LogP contribution < -0.4 is 0 Å². The van der Waals surface area contributed by atoms with Gasteiger partial charge < -0.3 is 14.2 Å².